The van der Waals surface area contributed by atoms with E-state index in [-0.39, 0.29) is 0 Å². The first-order valence-corrected chi connectivity index (χ1v) is 7.51. The molecule has 0 spiro atoms. The van der Waals surface area contributed by atoms with Gasteiger partial charge in [-0.05, 0) is 23.1 Å². The Morgan fingerprint density at radius 1 is 1.00 bits per heavy atom. The van der Waals surface area contributed by atoms with Crippen LogP contribution in [0.1, 0.15) is 11.3 Å². The van der Waals surface area contributed by atoms with E-state index in [1.807, 2.05) is 6.07 Å². The molecular formula is C20H20N2. The summed E-state index contributed by atoms with van der Waals surface area (Å²) in [7, 11) is 2.12. The van der Waals surface area contributed by atoms with Crippen LogP contribution in [0.25, 0.3) is 10.9 Å². The van der Waals surface area contributed by atoms with E-state index in [0.29, 0.717) is 6.54 Å². The maximum absolute atomic E-state index is 5.55. The SMILES string of the molecule is C#CCN(Cc1ccccc1)Cc1cc2ccccc2n1C. The van der Waals surface area contributed by atoms with Crippen molar-refractivity contribution in [2.45, 2.75) is 13.1 Å². The molecule has 22 heavy (non-hydrogen) atoms. The number of nitrogens with zero attached hydrogens (tertiary/aromatic N) is 2. The minimum Gasteiger partial charge on any atom is -0.346 e. The smallest absolute Gasteiger partial charge is 0.0605 e. The Hall–Kier alpha value is -2.50. The number of para-hydroxylation sites is 1. The Morgan fingerprint density at radius 3 is 2.45 bits per heavy atom. The fourth-order valence-electron chi connectivity index (χ4n) is 2.87. The van der Waals surface area contributed by atoms with E-state index in [2.05, 4.69) is 77.0 Å². The largest absolute Gasteiger partial charge is 0.346 e. The number of terminal acetylenes is 1. The summed E-state index contributed by atoms with van der Waals surface area (Å²) in [6, 6.07) is 21.2. The van der Waals surface area contributed by atoms with Gasteiger partial charge in [0.25, 0.3) is 0 Å². The molecule has 0 aliphatic rings. The molecule has 0 radical (unpaired) electrons. The predicted molar refractivity (Wildman–Crippen MR) is 92.3 cm³/mol. The highest BCUT2D eigenvalue weighted by atomic mass is 15.1. The van der Waals surface area contributed by atoms with Crippen LogP contribution in [0, 0.1) is 12.3 Å². The molecular weight excluding hydrogens is 268 g/mol. The maximum atomic E-state index is 5.55. The van der Waals surface area contributed by atoms with E-state index in [1.165, 1.54) is 22.2 Å². The van der Waals surface area contributed by atoms with Crippen LogP contribution in [-0.2, 0) is 20.1 Å². The quantitative estimate of drug-likeness (QED) is 0.648. The summed E-state index contributed by atoms with van der Waals surface area (Å²) < 4.78 is 2.25. The molecule has 0 atom stereocenters. The molecule has 0 bridgehead atoms. The average molecular weight is 288 g/mol. The molecule has 0 unspecified atom stereocenters. The summed E-state index contributed by atoms with van der Waals surface area (Å²) in [6.07, 6.45) is 5.55. The minimum atomic E-state index is 0.649. The first-order chi connectivity index (χ1) is 10.8. The standard InChI is InChI=1S/C20H20N2/c1-3-13-22(15-17-9-5-4-6-10-17)16-19-14-18-11-7-8-12-20(18)21(19)2/h1,4-12,14H,13,15-16H2,2H3. The number of aryl methyl sites for hydroxylation is 1. The number of rotatable bonds is 5. The van der Waals surface area contributed by atoms with Crippen molar-refractivity contribution in [2.24, 2.45) is 7.05 Å². The molecule has 3 aromatic rings. The first kappa shape index (κ1) is 14.4. The molecule has 0 saturated carbocycles. The Kier molecular flexibility index (Phi) is 4.27. The van der Waals surface area contributed by atoms with Gasteiger partial charge in [0.05, 0.1) is 6.54 Å². The van der Waals surface area contributed by atoms with Gasteiger partial charge in [0.2, 0.25) is 0 Å². The van der Waals surface area contributed by atoms with Crippen molar-refractivity contribution in [3.63, 3.8) is 0 Å². The lowest BCUT2D eigenvalue weighted by molar-refractivity contribution is 0.284. The van der Waals surface area contributed by atoms with Crippen LogP contribution >= 0.6 is 0 Å². The highest BCUT2D eigenvalue weighted by molar-refractivity contribution is 5.81. The van der Waals surface area contributed by atoms with Gasteiger partial charge in [-0.2, -0.15) is 0 Å². The third kappa shape index (κ3) is 3.05. The van der Waals surface area contributed by atoms with Gasteiger partial charge in [-0.1, -0.05) is 54.5 Å². The molecule has 0 N–H and O–H groups in total. The van der Waals surface area contributed by atoms with Gasteiger partial charge < -0.3 is 4.57 Å². The third-order valence-corrected chi connectivity index (χ3v) is 4.00. The van der Waals surface area contributed by atoms with E-state index >= 15 is 0 Å². The molecule has 0 saturated heterocycles. The number of fused-ring (bicyclic) bond motifs is 1. The molecule has 0 fully saturated rings. The number of hydrogen-bond acceptors (Lipinski definition) is 1. The predicted octanol–water partition coefficient (Wildman–Crippen LogP) is 3.81. The number of hydrogen-bond donors (Lipinski definition) is 0. The summed E-state index contributed by atoms with van der Waals surface area (Å²) in [5.41, 5.74) is 3.83. The fraction of sp³-hybridized carbons (Fsp3) is 0.200. The molecule has 0 aliphatic heterocycles. The molecule has 1 heterocycles. The molecule has 2 aromatic carbocycles. The molecule has 1 aromatic heterocycles. The van der Waals surface area contributed by atoms with Crippen LogP contribution in [0.2, 0.25) is 0 Å². The lowest BCUT2D eigenvalue weighted by Crippen LogP contribution is -2.24. The summed E-state index contributed by atoms with van der Waals surface area (Å²) in [6.45, 7) is 2.37. The Morgan fingerprint density at radius 2 is 1.73 bits per heavy atom. The van der Waals surface area contributed by atoms with Crippen LogP contribution < -0.4 is 0 Å². The van der Waals surface area contributed by atoms with Crippen molar-refractivity contribution in [2.75, 3.05) is 6.54 Å². The van der Waals surface area contributed by atoms with Crippen LogP contribution in [-0.4, -0.2) is 16.0 Å². The third-order valence-electron chi connectivity index (χ3n) is 4.00. The van der Waals surface area contributed by atoms with Gasteiger partial charge in [0, 0.05) is 31.3 Å². The van der Waals surface area contributed by atoms with Crippen LogP contribution in [0.4, 0.5) is 0 Å². The van der Waals surface area contributed by atoms with Crippen LogP contribution in [0.3, 0.4) is 0 Å². The Balaban J connectivity index is 1.83. The topological polar surface area (TPSA) is 8.17 Å². The van der Waals surface area contributed by atoms with E-state index in [1.54, 1.807) is 0 Å². The lowest BCUT2D eigenvalue weighted by Gasteiger charge is -2.20. The first-order valence-electron chi connectivity index (χ1n) is 7.51. The summed E-state index contributed by atoms with van der Waals surface area (Å²) in [5, 5.41) is 1.28. The van der Waals surface area contributed by atoms with Crippen LogP contribution in [0.5, 0.6) is 0 Å². The molecule has 0 amide bonds. The Labute approximate surface area is 132 Å². The lowest BCUT2D eigenvalue weighted by atomic mass is 10.2. The normalized spacial score (nSPS) is 11.0. The van der Waals surface area contributed by atoms with Gasteiger partial charge in [0.1, 0.15) is 0 Å². The van der Waals surface area contributed by atoms with E-state index in [4.69, 9.17) is 6.42 Å². The van der Waals surface area contributed by atoms with Crippen molar-refractivity contribution >= 4 is 10.9 Å². The second kappa shape index (κ2) is 6.51. The van der Waals surface area contributed by atoms with E-state index < -0.39 is 0 Å². The molecule has 2 nitrogen and oxygen atoms in total. The van der Waals surface area contributed by atoms with Gasteiger partial charge in [-0.25, -0.2) is 0 Å². The number of aromatic nitrogens is 1. The molecule has 0 aliphatic carbocycles. The maximum Gasteiger partial charge on any atom is 0.0605 e. The summed E-state index contributed by atoms with van der Waals surface area (Å²) in [4.78, 5) is 2.30. The van der Waals surface area contributed by atoms with Gasteiger partial charge >= 0.3 is 0 Å². The molecule has 3 rings (SSSR count). The summed E-state index contributed by atoms with van der Waals surface area (Å²) >= 11 is 0. The fourth-order valence-corrected chi connectivity index (χ4v) is 2.87. The highest BCUT2D eigenvalue weighted by Crippen LogP contribution is 2.20. The Bertz CT molecular complexity index is 793. The zero-order chi connectivity index (χ0) is 15.4. The minimum absolute atomic E-state index is 0.649. The molecule has 2 heteroatoms. The second-order valence-corrected chi connectivity index (χ2v) is 5.59. The van der Waals surface area contributed by atoms with Crippen molar-refractivity contribution in [1.82, 2.24) is 9.47 Å². The monoisotopic (exact) mass is 288 g/mol. The molecule has 110 valence electrons. The zero-order valence-electron chi connectivity index (χ0n) is 12.9. The number of benzene rings is 2. The van der Waals surface area contributed by atoms with Gasteiger partial charge in [0.15, 0.2) is 0 Å². The van der Waals surface area contributed by atoms with Crippen molar-refractivity contribution in [1.29, 1.82) is 0 Å². The van der Waals surface area contributed by atoms with Crippen molar-refractivity contribution in [3.05, 3.63) is 71.9 Å². The average Bonchev–Trinajstić information content (AvgIpc) is 2.85. The van der Waals surface area contributed by atoms with E-state index in [0.717, 1.165) is 13.1 Å². The van der Waals surface area contributed by atoms with E-state index in [9.17, 15) is 0 Å². The van der Waals surface area contributed by atoms with Gasteiger partial charge in [-0.3, -0.25) is 4.90 Å². The van der Waals surface area contributed by atoms with Crippen LogP contribution in [0.15, 0.2) is 60.7 Å². The second-order valence-electron chi connectivity index (χ2n) is 5.59. The zero-order valence-corrected chi connectivity index (χ0v) is 12.9. The van der Waals surface area contributed by atoms with Crippen molar-refractivity contribution < 1.29 is 0 Å². The highest BCUT2D eigenvalue weighted by Gasteiger charge is 2.10. The van der Waals surface area contributed by atoms with Gasteiger partial charge in [-0.15, -0.1) is 6.42 Å². The van der Waals surface area contributed by atoms with Crippen molar-refractivity contribution in [3.8, 4) is 12.3 Å². The summed E-state index contributed by atoms with van der Waals surface area (Å²) in [5.74, 6) is 2.78.